The molecule has 0 aliphatic rings. The van der Waals surface area contributed by atoms with Crippen LogP contribution in [0.1, 0.15) is 45.5 Å². The molecule has 15 heavy (non-hydrogen) atoms. The highest BCUT2D eigenvalue weighted by molar-refractivity contribution is 5.70. The second kappa shape index (κ2) is 3.61. The van der Waals surface area contributed by atoms with Crippen LogP contribution in [0.2, 0.25) is 0 Å². The molecule has 0 amide bonds. The Morgan fingerprint density at radius 2 is 1.93 bits per heavy atom. The summed E-state index contributed by atoms with van der Waals surface area (Å²) in [6.07, 6.45) is 3.35. The monoisotopic (exact) mass is 204 g/mol. The molecule has 4 heteroatoms. The van der Waals surface area contributed by atoms with E-state index in [1.165, 1.54) is 0 Å². The number of imidazole rings is 1. The molecule has 0 saturated heterocycles. The van der Waals surface area contributed by atoms with E-state index in [0.717, 1.165) is 17.0 Å². The predicted octanol–water partition coefficient (Wildman–Crippen LogP) is 2.53. The van der Waals surface area contributed by atoms with E-state index in [1.807, 2.05) is 0 Å². The van der Waals surface area contributed by atoms with Gasteiger partial charge in [0, 0.05) is 12.0 Å². The summed E-state index contributed by atoms with van der Waals surface area (Å²) in [5, 5.41) is 0. The fraction of sp³-hybridized carbons (Fsp3) is 0.545. The molecule has 0 aliphatic heterocycles. The molecule has 0 saturated carbocycles. The number of rotatable bonds is 2. The Hall–Kier alpha value is -1.45. The Morgan fingerprint density at radius 3 is 2.53 bits per heavy atom. The maximum Gasteiger partial charge on any atom is 0.163 e. The van der Waals surface area contributed by atoms with Crippen molar-refractivity contribution in [2.75, 3.05) is 0 Å². The lowest BCUT2D eigenvalue weighted by Crippen LogP contribution is -2.08. The van der Waals surface area contributed by atoms with Gasteiger partial charge < -0.3 is 4.57 Å². The summed E-state index contributed by atoms with van der Waals surface area (Å²) < 4.78 is 2.18. The fourth-order valence-electron chi connectivity index (χ4n) is 1.78. The van der Waals surface area contributed by atoms with Crippen molar-refractivity contribution in [2.45, 2.75) is 39.7 Å². The average molecular weight is 204 g/mol. The molecule has 0 fully saturated rings. The normalized spacial score (nSPS) is 11.9. The molecular formula is C11H16N4. The summed E-state index contributed by atoms with van der Waals surface area (Å²) in [7, 11) is 0. The fourth-order valence-corrected chi connectivity index (χ4v) is 1.78. The predicted molar refractivity (Wildman–Crippen MR) is 59.8 cm³/mol. The van der Waals surface area contributed by atoms with Crippen LogP contribution in [0.5, 0.6) is 0 Å². The van der Waals surface area contributed by atoms with E-state index in [9.17, 15) is 0 Å². The molecule has 0 N–H and O–H groups in total. The van der Waals surface area contributed by atoms with Gasteiger partial charge in [-0.3, -0.25) is 0 Å². The highest BCUT2D eigenvalue weighted by Gasteiger charge is 2.16. The second-order valence-corrected chi connectivity index (χ2v) is 4.32. The van der Waals surface area contributed by atoms with Crippen LogP contribution in [0.4, 0.5) is 0 Å². The molecule has 2 heterocycles. The van der Waals surface area contributed by atoms with Crippen molar-refractivity contribution >= 4 is 11.2 Å². The summed E-state index contributed by atoms with van der Waals surface area (Å²) in [5.74, 6) is 1.49. The smallest absolute Gasteiger partial charge is 0.163 e. The van der Waals surface area contributed by atoms with Gasteiger partial charge in [0.25, 0.3) is 0 Å². The van der Waals surface area contributed by atoms with E-state index in [2.05, 4.69) is 47.2 Å². The number of aromatic nitrogens is 4. The summed E-state index contributed by atoms with van der Waals surface area (Å²) in [5.41, 5.74) is 1.82. The van der Waals surface area contributed by atoms with Gasteiger partial charge in [-0.1, -0.05) is 13.8 Å². The highest BCUT2D eigenvalue weighted by atomic mass is 15.2. The summed E-state index contributed by atoms with van der Waals surface area (Å²) in [4.78, 5) is 12.9. The van der Waals surface area contributed by atoms with Crippen molar-refractivity contribution in [2.24, 2.45) is 0 Å². The Bertz CT molecular complexity index is 470. The van der Waals surface area contributed by atoms with E-state index in [0.29, 0.717) is 12.0 Å². The Labute approximate surface area is 89.4 Å². The van der Waals surface area contributed by atoms with Gasteiger partial charge in [0.1, 0.15) is 17.7 Å². The van der Waals surface area contributed by atoms with Crippen LogP contribution in [0.3, 0.4) is 0 Å². The molecule has 0 spiro atoms. The summed E-state index contributed by atoms with van der Waals surface area (Å²) in [6.45, 7) is 8.59. The van der Waals surface area contributed by atoms with Gasteiger partial charge >= 0.3 is 0 Å². The zero-order valence-electron chi connectivity index (χ0n) is 9.60. The number of fused-ring (bicyclic) bond motifs is 1. The minimum absolute atomic E-state index is 0.377. The van der Waals surface area contributed by atoms with Gasteiger partial charge in [0.05, 0.1) is 6.20 Å². The van der Waals surface area contributed by atoms with Gasteiger partial charge in [0.15, 0.2) is 5.65 Å². The third kappa shape index (κ3) is 1.60. The number of nitrogens with zero attached hydrogens (tertiary/aromatic N) is 4. The van der Waals surface area contributed by atoms with Gasteiger partial charge in [-0.05, 0) is 13.8 Å². The molecule has 0 atom stereocenters. The average Bonchev–Trinajstić information content (AvgIpc) is 2.56. The van der Waals surface area contributed by atoms with Gasteiger partial charge in [-0.2, -0.15) is 0 Å². The largest absolute Gasteiger partial charge is 0.310 e. The minimum atomic E-state index is 0.377. The van der Waals surface area contributed by atoms with Crippen molar-refractivity contribution < 1.29 is 0 Å². The Balaban J connectivity index is 2.75. The zero-order valence-corrected chi connectivity index (χ0v) is 9.60. The maximum absolute atomic E-state index is 4.57. The van der Waals surface area contributed by atoms with Gasteiger partial charge in [-0.15, -0.1) is 0 Å². The standard InChI is InChI=1S/C11H16N4/c1-7(2)10-14-9-5-12-6-13-11(9)15(10)8(3)4/h5-8H,1-4H3. The summed E-state index contributed by atoms with van der Waals surface area (Å²) in [6, 6.07) is 0.377. The molecule has 4 nitrogen and oxygen atoms in total. The number of hydrogen-bond donors (Lipinski definition) is 0. The summed E-state index contributed by atoms with van der Waals surface area (Å²) >= 11 is 0. The van der Waals surface area contributed by atoms with E-state index in [-0.39, 0.29) is 0 Å². The first-order valence-electron chi connectivity index (χ1n) is 5.29. The molecule has 0 radical (unpaired) electrons. The minimum Gasteiger partial charge on any atom is -0.310 e. The lowest BCUT2D eigenvalue weighted by molar-refractivity contribution is 0.561. The maximum atomic E-state index is 4.57. The lowest BCUT2D eigenvalue weighted by Gasteiger charge is -2.13. The van der Waals surface area contributed by atoms with Gasteiger partial charge in [-0.25, -0.2) is 15.0 Å². The first kappa shape index (κ1) is 10.1. The van der Waals surface area contributed by atoms with E-state index in [4.69, 9.17) is 0 Å². The van der Waals surface area contributed by atoms with Crippen molar-refractivity contribution in [3.63, 3.8) is 0 Å². The molecule has 0 unspecified atom stereocenters. The quantitative estimate of drug-likeness (QED) is 0.755. The number of hydrogen-bond acceptors (Lipinski definition) is 3. The van der Waals surface area contributed by atoms with Crippen LogP contribution in [-0.4, -0.2) is 19.5 Å². The lowest BCUT2D eigenvalue weighted by atomic mass is 10.2. The van der Waals surface area contributed by atoms with Crippen LogP contribution in [0.15, 0.2) is 12.5 Å². The molecule has 2 rings (SSSR count). The molecule has 2 aromatic heterocycles. The molecular weight excluding hydrogens is 188 g/mol. The SMILES string of the molecule is CC(C)c1nc2cncnc2n1C(C)C. The van der Waals surface area contributed by atoms with Crippen LogP contribution < -0.4 is 0 Å². The molecule has 0 aromatic carbocycles. The van der Waals surface area contributed by atoms with Crippen LogP contribution >= 0.6 is 0 Å². The molecule has 80 valence electrons. The molecule has 0 aliphatic carbocycles. The first-order valence-corrected chi connectivity index (χ1v) is 5.29. The Kier molecular flexibility index (Phi) is 2.42. The van der Waals surface area contributed by atoms with Gasteiger partial charge in [0.2, 0.25) is 0 Å². The third-order valence-electron chi connectivity index (χ3n) is 2.42. The zero-order chi connectivity index (χ0) is 11.0. The van der Waals surface area contributed by atoms with Crippen LogP contribution in [0, 0.1) is 0 Å². The van der Waals surface area contributed by atoms with Crippen LogP contribution in [0.25, 0.3) is 11.2 Å². The van der Waals surface area contributed by atoms with Crippen molar-refractivity contribution in [3.05, 3.63) is 18.3 Å². The van der Waals surface area contributed by atoms with E-state index in [1.54, 1.807) is 12.5 Å². The third-order valence-corrected chi connectivity index (χ3v) is 2.42. The Morgan fingerprint density at radius 1 is 1.20 bits per heavy atom. The van der Waals surface area contributed by atoms with Crippen molar-refractivity contribution in [1.82, 2.24) is 19.5 Å². The topological polar surface area (TPSA) is 43.6 Å². The first-order chi connectivity index (χ1) is 7.11. The second-order valence-electron chi connectivity index (χ2n) is 4.32. The van der Waals surface area contributed by atoms with Crippen molar-refractivity contribution in [3.8, 4) is 0 Å². The van der Waals surface area contributed by atoms with E-state index >= 15 is 0 Å². The van der Waals surface area contributed by atoms with Crippen molar-refractivity contribution in [1.29, 1.82) is 0 Å². The van der Waals surface area contributed by atoms with E-state index < -0.39 is 0 Å². The molecule has 2 aromatic rings. The molecule has 0 bridgehead atoms. The van der Waals surface area contributed by atoms with Crippen LogP contribution in [-0.2, 0) is 0 Å². The highest BCUT2D eigenvalue weighted by Crippen LogP contribution is 2.23.